The lowest BCUT2D eigenvalue weighted by atomic mass is 9.88. The maximum absolute atomic E-state index is 12.5. The van der Waals surface area contributed by atoms with Gasteiger partial charge in [0.1, 0.15) is 11.9 Å². The molecule has 1 N–H and O–H groups in total. The predicted octanol–water partition coefficient (Wildman–Crippen LogP) is 3.25. The quantitative estimate of drug-likeness (QED) is 0.737. The summed E-state index contributed by atoms with van der Waals surface area (Å²) in [4.78, 5) is 27.7. The molecule has 5 heteroatoms. The molecule has 4 rings (SSSR count). The molecule has 1 unspecified atom stereocenters. The number of carbonyl (C=O) groups is 1. The molecule has 1 aliphatic rings. The minimum atomic E-state index is -0.349. The topological polar surface area (TPSA) is 68.4 Å². The van der Waals surface area contributed by atoms with Crippen LogP contribution in [0.1, 0.15) is 27.9 Å². The smallest absolute Gasteiger partial charge is 0.338 e. The summed E-state index contributed by atoms with van der Waals surface area (Å²) in [5, 5.41) is 0.992. The zero-order valence-electron chi connectivity index (χ0n) is 14.5. The Balaban J connectivity index is 1.63. The van der Waals surface area contributed by atoms with Crippen LogP contribution in [0.15, 0.2) is 53.3 Å². The first-order valence-electron chi connectivity index (χ1n) is 8.63. The molecule has 1 atom stereocenters. The zero-order chi connectivity index (χ0) is 18.1. The van der Waals surface area contributed by atoms with Crippen molar-refractivity contribution in [3.63, 3.8) is 0 Å². The van der Waals surface area contributed by atoms with E-state index < -0.39 is 0 Å². The van der Waals surface area contributed by atoms with Crippen LogP contribution in [-0.2, 0) is 17.6 Å². The van der Waals surface area contributed by atoms with Crippen LogP contribution in [0, 0.1) is 0 Å². The van der Waals surface area contributed by atoms with Gasteiger partial charge in [0.15, 0.2) is 0 Å². The summed E-state index contributed by atoms with van der Waals surface area (Å²) in [5.74, 6) is 0.405. The number of aromatic nitrogens is 1. The summed E-state index contributed by atoms with van der Waals surface area (Å²) in [6, 6.07) is 14.5. The molecule has 0 radical (unpaired) electrons. The number of H-pyrrole nitrogens is 1. The molecule has 5 nitrogen and oxygen atoms in total. The van der Waals surface area contributed by atoms with Crippen LogP contribution in [-0.4, -0.2) is 24.2 Å². The fourth-order valence-corrected chi connectivity index (χ4v) is 3.54. The number of carbonyl (C=O) groups excluding carboxylic acids is 1. The van der Waals surface area contributed by atoms with Crippen LogP contribution in [0.2, 0.25) is 0 Å². The molecule has 1 aliphatic carbocycles. The minimum absolute atomic E-state index is 0.113. The molecule has 0 amide bonds. The third-order valence-electron chi connectivity index (χ3n) is 4.87. The average molecular weight is 349 g/mol. The molecule has 0 fully saturated rings. The lowest BCUT2D eigenvalue weighted by Gasteiger charge is -2.25. The molecule has 0 aliphatic heterocycles. The first-order chi connectivity index (χ1) is 12.7. The number of nitrogens with one attached hydrogen (secondary N) is 1. The van der Waals surface area contributed by atoms with Crippen molar-refractivity contribution in [2.75, 3.05) is 7.11 Å². The number of aryl methyl sites for hydroxylation is 1. The second-order valence-electron chi connectivity index (χ2n) is 6.46. The first kappa shape index (κ1) is 16.4. The lowest BCUT2D eigenvalue weighted by molar-refractivity contribution is 0.0270. The van der Waals surface area contributed by atoms with Crippen molar-refractivity contribution in [1.82, 2.24) is 4.98 Å². The lowest BCUT2D eigenvalue weighted by Crippen LogP contribution is -2.30. The summed E-state index contributed by atoms with van der Waals surface area (Å²) in [6.07, 6.45) is 1.52. The monoisotopic (exact) mass is 349 g/mol. The number of hydrogen-bond donors (Lipinski definition) is 1. The van der Waals surface area contributed by atoms with Crippen LogP contribution >= 0.6 is 0 Å². The predicted molar refractivity (Wildman–Crippen MR) is 98.8 cm³/mol. The molecular formula is C21H19NO4. The highest BCUT2D eigenvalue weighted by Gasteiger charge is 2.26. The molecule has 1 heterocycles. The van der Waals surface area contributed by atoms with Crippen molar-refractivity contribution in [3.8, 4) is 5.75 Å². The second kappa shape index (κ2) is 6.67. The van der Waals surface area contributed by atoms with E-state index in [4.69, 9.17) is 9.47 Å². The summed E-state index contributed by atoms with van der Waals surface area (Å²) in [7, 11) is 1.62. The second-order valence-corrected chi connectivity index (χ2v) is 6.46. The first-order valence-corrected chi connectivity index (χ1v) is 8.63. The molecule has 132 valence electrons. The van der Waals surface area contributed by atoms with E-state index in [9.17, 15) is 9.59 Å². The molecule has 0 saturated heterocycles. The number of fused-ring (bicyclic) bond motifs is 3. The Hall–Kier alpha value is -3.08. The maximum atomic E-state index is 12.5. The van der Waals surface area contributed by atoms with E-state index in [1.54, 1.807) is 31.4 Å². The van der Waals surface area contributed by atoms with Crippen molar-refractivity contribution in [1.29, 1.82) is 0 Å². The number of aromatic amines is 1. The fraction of sp³-hybridized carbons (Fsp3) is 0.238. The molecule has 0 saturated carbocycles. The van der Waals surface area contributed by atoms with E-state index in [2.05, 4.69) is 4.98 Å². The third-order valence-corrected chi connectivity index (χ3v) is 4.87. The molecular weight excluding hydrogens is 330 g/mol. The van der Waals surface area contributed by atoms with Crippen LogP contribution in [0.25, 0.3) is 10.9 Å². The van der Waals surface area contributed by atoms with Gasteiger partial charge in [0.2, 0.25) is 0 Å². The Morgan fingerprint density at radius 2 is 1.92 bits per heavy atom. The van der Waals surface area contributed by atoms with Gasteiger partial charge in [-0.1, -0.05) is 18.2 Å². The van der Waals surface area contributed by atoms with Crippen LogP contribution < -0.4 is 10.3 Å². The van der Waals surface area contributed by atoms with Crippen molar-refractivity contribution < 1.29 is 14.3 Å². The summed E-state index contributed by atoms with van der Waals surface area (Å²) in [5.41, 5.74) is 2.93. The summed E-state index contributed by atoms with van der Waals surface area (Å²) < 4.78 is 10.9. The van der Waals surface area contributed by atoms with Gasteiger partial charge in [0, 0.05) is 22.9 Å². The van der Waals surface area contributed by atoms with Crippen LogP contribution in [0.5, 0.6) is 5.75 Å². The summed E-state index contributed by atoms with van der Waals surface area (Å²) in [6.45, 7) is 0. The van der Waals surface area contributed by atoms with Gasteiger partial charge in [-0.25, -0.2) is 4.79 Å². The van der Waals surface area contributed by atoms with Crippen molar-refractivity contribution in [2.45, 2.75) is 25.4 Å². The van der Waals surface area contributed by atoms with Gasteiger partial charge in [-0.3, -0.25) is 4.79 Å². The third kappa shape index (κ3) is 2.96. The Bertz CT molecular complexity index is 1020. The van der Waals surface area contributed by atoms with Crippen molar-refractivity contribution >= 4 is 16.9 Å². The van der Waals surface area contributed by atoms with Crippen LogP contribution in [0.3, 0.4) is 0 Å². The van der Waals surface area contributed by atoms with Crippen LogP contribution in [0.4, 0.5) is 0 Å². The standard InChI is InChI=1S/C21H19NO4/c1-25-14-8-10-19-17(11-14)16-9-7-15(12-18(16)20(23)22-19)26-21(24)13-5-3-2-4-6-13/h2-6,8,10-11,15H,7,9,12H2,1H3,(H,22,23). The molecule has 26 heavy (non-hydrogen) atoms. The number of hydrogen-bond acceptors (Lipinski definition) is 4. The molecule has 1 aromatic heterocycles. The zero-order valence-corrected chi connectivity index (χ0v) is 14.5. The van der Waals surface area contributed by atoms with E-state index in [0.717, 1.165) is 22.2 Å². The van der Waals surface area contributed by atoms with E-state index in [-0.39, 0.29) is 17.6 Å². The Morgan fingerprint density at radius 3 is 2.69 bits per heavy atom. The largest absolute Gasteiger partial charge is 0.497 e. The number of pyridine rings is 1. The molecule has 0 spiro atoms. The minimum Gasteiger partial charge on any atom is -0.497 e. The van der Waals surface area contributed by atoms with Gasteiger partial charge in [-0.05, 0) is 48.7 Å². The number of benzene rings is 2. The Morgan fingerprint density at radius 1 is 1.12 bits per heavy atom. The van der Waals surface area contributed by atoms with Gasteiger partial charge < -0.3 is 14.5 Å². The Labute approximate surface area is 150 Å². The normalized spacial score (nSPS) is 16.1. The van der Waals surface area contributed by atoms with E-state index in [0.29, 0.717) is 30.4 Å². The van der Waals surface area contributed by atoms with Gasteiger partial charge in [0.25, 0.3) is 5.56 Å². The highest BCUT2D eigenvalue weighted by molar-refractivity contribution is 5.89. The molecule has 2 aromatic carbocycles. The van der Waals surface area contributed by atoms with Gasteiger partial charge in [-0.2, -0.15) is 0 Å². The highest BCUT2D eigenvalue weighted by Crippen LogP contribution is 2.29. The average Bonchev–Trinajstić information content (AvgIpc) is 2.68. The van der Waals surface area contributed by atoms with Gasteiger partial charge in [0.05, 0.1) is 12.7 Å². The number of rotatable bonds is 3. The fourth-order valence-electron chi connectivity index (χ4n) is 3.54. The highest BCUT2D eigenvalue weighted by atomic mass is 16.5. The van der Waals surface area contributed by atoms with Crippen molar-refractivity contribution in [2.24, 2.45) is 0 Å². The number of esters is 1. The number of ether oxygens (including phenoxy) is 2. The van der Waals surface area contributed by atoms with Gasteiger partial charge in [-0.15, -0.1) is 0 Å². The number of methoxy groups -OCH3 is 1. The maximum Gasteiger partial charge on any atom is 0.338 e. The van der Waals surface area contributed by atoms with Crippen molar-refractivity contribution in [3.05, 3.63) is 75.6 Å². The van der Waals surface area contributed by atoms with E-state index in [1.807, 2.05) is 24.3 Å². The molecule has 0 bridgehead atoms. The summed E-state index contributed by atoms with van der Waals surface area (Å²) >= 11 is 0. The SMILES string of the molecule is COc1ccc2[nH]c(=O)c3c(c2c1)CCC(OC(=O)c1ccccc1)C3. The Kier molecular flexibility index (Phi) is 4.21. The molecule has 3 aromatic rings. The van der Waals surface area contributed by atoms with E-state index in [1.165, 1.54) is 0 Å². The van der Waals surface area contributed by atoms with Gasteiger partial charge >= 0.3 is 5.97 Å². The van der Waals surface area contributed by atoms with E-state index >= 15 is 0 Å².